The summed E-state index contributed by atoms with van der Waals surface area (Å²) in [5, 5.41) is 9.79. The van der Waals surface area contributed by atoms with Crippen LogP contribution in [0.5, 0.6) is 5.75 Å². The van der Waals surface area contributed by atoms with Crippen molar-refractivity contribution in [2.75, 3.05) is 7.11 Å². The van der Waals surface area contributed by atoms with Crippen molar-refractivity contribution in [1.29, 1.82) is 0 Å². The number of benzene rings is 1. The highest BCUT2D eigenvalue weighted by Crippen LogP contribution is 2.20. The van der Waals surface area contributed by atoms with Crippen LogP contribution in [0.15, 0.2) is 24.3 Å². The molecule has 1 aromatic rings. The Morgan fingerprint density at radius 1 is 1.36 bits per heavy atom. The van der Waals surface area contributed by atoms with Gasteiger partial charge in [0.05, 0.1) is 13.2 Å². The quantitative estimate of drug-likeness (QED) is 0.764. The molecular formula is C11H17NO2. The van der Waals surface area contributed by atoms with Gasteiger partial charge in [-0.1, -0.05) is 19.1 Å². The zero-order valence-corrected chi connectivity index (χ0v) is 8.60. The number of aliphatic hydroxyl groups excluding tert-OH is 1. The third-order valence-corrected chi connectivity index (χ3v) is 2.33. The molecule has 78 valence electrons. The monoisotopic (exact) mass is 195 g/mol. The number of aliphatic hydroxyl groups is 1. The molecule has 0 heterocycles. The highest BCUT2D eigenvalue weighted by atomic mass is 16.5. The van der Waals surface area contributed by atoms with Gasteiger partial charge < -0.3 is 15.6 Å². The van der Waals surface area contributed by atoms with Crippen LogP contribution in [-0.4, -0.2) is 18.3 Å². The molecule has 1 rings (SSSR count). The van der Waals surface area contributed by atoms with Gasteiger partial charge in [-0.3, -0.25) is 0 Å². The first kappa shape index (κ1) is 11.0. The minimum atomic E-state index is -0.592. The van der Waals surface area contributed by atoms with E-state index in [0.717, 1.165) is 17.7 Å². The lowest BCUT2D eigenvalue weighted by atomic mass is 10.0. The molecule has 3 heteroatoms. The smallest absolute Gasteiger partial charge is 0.118 e. The van der Waals surface area contributed by atoms with Crippen LogP contribution in [-0.2, 0) is 0 Å². The van der Waals surface area contributed by atoms with Gasteiger partial charge in [0.15, 0.2) is 0 Å². The van der Waals surface area contributed by atoms with Crippen molar-refractivity contribution < 1.29 is 9.84 Å². The Balaban J connectivity index is 2.75. The zero-order chi connectivity index (χ0) is 10.6. The van der Waals surface area contributed by atoms with Gasteiger partial charge in [0.1, 0.15) is 5.75 Å². The minimum absolute atomic E-state index is 0.205. The van der Waals surface area contributed by atoms with Crippen LogP contribution in [0.2, 0.25) is 0 Å². The summed E-state index contributed by atoms with van der Waals surface area (Å²) in [5.74, 6) is 0.783. The molecule has 0 aliphatic rings. The van der Waals surface area contributed by atoms with Crippen molar-refractivity contribution in [2.24, 2.45) is 5.73 Å². The summed E-state index contributed by atoms with van der Waals surface area (Å²) >= 11 is 0. The molecule has 0 radical (unpaired) electrons. The third-order valence-electron chi connectivity index (χ3n) is 2.33. The molecule has 2 atom stereocenters. The maximum Gasteiger partial charge on any atom is 0.118 e. The summed E-state index contributed by atoms with van der Waals surface area (Å²) in [4.78, 5) is 0. The second kappa shape index (κ2) is 4.98. The minimum Gasteiger partial charge on any atom is -0.497 e. The van der Waals surface area contributed by atoms with Crippen molar-refractivity contribution in [3.8, 4) is 5.75 Å². The number of nitrogens with two attached hydrogens (primary N) is 1. The van der Waals surface area contributed by atoms with Gasteiger partial charge in [0.25, 0.3) is 0 Å². The largest absolute Gasteiger partial charge is 0.497 e. The van der Waals surface area contributed by atoms with Crippen LogP contribution in [0.1, 0.15) is 25.0 Å². The predicted octanol–water partition coefficient (Wildman–Crippen LogP) is 1.47. The molecule has 0 amide bonds. The average Bonchev–Trinajstić information content (AvgIpc) is 2.27. The van der Waals surface area contributed by atoms with E-state index in [1.54, 1.807) is 7.11 Å². The number of hydrogen-bond acceptors (Lipinski definition) is 3. The Kier molecular flexibility index (Phi) is 3.92. The topological polar surface area (TPSA) is 55.5 Å². The molecule has 0 fully saturated rings. The number of ether oxygens (including phenoxy) is 1. The van der Waals surface area contributed by atoms with Crippen molar-refractivity contribution in [2.45, 2.75) is 25.5 Å². The molecule has 14 heavy (non-hydrogen) atoms. The number of rotatable bonds is 4. The van der Waals surface area contributed by atoms with E-state index >= 15 is 0 Å². The van der Waals surface area contributed by atoms with E-state index < -0.39 is 6.10 Å². The van der Waals surface area contributed by atoms with Crippen LogP contribution >= 0.6 is 0 Å². The zero-order valence-electron chi connectivity index (χ0n) is 8.60. The average molecular weight is 195 g/mol. The Bertz CT molecular complexity index is 271. The normalized spacial score (nSPS) is 14.9. The maximum absolute atomic E-state index is 9.79. The first-order valence-electron chi connectivity index (χ1n) is 4.76. The SMILES string of the molecule is CC[C@@H](N)[C@H](O)c1ccc(OC)cc1. The van der Waals surface area contributed by atoms with Gasteiger partial charge in [0.2, 0.25) is 0 Å². The van der Waals surface area contributed by atoms with Crippen LogP contribution in [0.3, 0.4) is 0 Å². The molecule has 0 spiro atoms. The van der Waals surface area contributed by atoms with Gasteiger partial charge in [-0.2, -0.15) is 0 Å². The summed E-state index contributed by atoms with van der Waals surface area (Å²) in [6.45, 7) is 1.96. The summed E-state index contributed by atoms with van der Waals surface area (Å²) in [6.07, 6.45) is 0.165. The molecule has 0 saturated heterocycles. The van der Waals surface area contributed by atoms with Crippen LogP contribution < -0.4 is 10.5 Å². The van der Waals surface area contributed by atoms with Crippen molar-refractivity contribution >= 4 is 0 Å². The summed E-state index contributed by atoms with van der Waals surface area (Å²) in [5.41, 5.74) is 6.57. The van der Waals surface area contributed by atoms with E-state index in [9.17, 15) is 5.11 Å². The van der Waals surface area contributed by atoms with Gasteiger partial charge in [-0.05, 0) is 24.1 Å². The highest BCUT2D eigenvalue weighted by Gasteiger charge is 2.14. The second-order valence-electron chi connectivity index (χ2n) is 3.29. The molecule has 0 aliphatic heterocycles. The lowest BCUT2D eigenvalue weighted by Crippen LogP contribution is -2.27. The van der Waals surface area contributed by atoms with Crippen molar-refractivity contribution in [1.82, 2.24) is 0 Å². The predicted molar refractivity (Wildman–Crippen MR) is 56.2 cm³/mol. The van der Waals surface area contributed by atoms with Gasteiger partial charge in [-0.25, -0.2) is 0 Å². The maximum atomic E-state index is 9.79. The standard InChI is InChI=1S/C11H17NO2/c1-3-10(12)11(13)8-4-6-9(14-2)7-5-8/h4-7,10-11,13H,3,12H2,1-2H3/t10-,11-/m1/s1. The fourth-order valence-corrected chi connectivity index (χ4v) is 1.27. The molecule has 0 saturated carbocycles. The van der Waals surface area contributed by atoms with E-state index in [-0.39, 0.29) is 6.04 Å². The third kappa shape index (κ3) is 2.47. The molecule has 0 aliphatic carbocycles. The number of hydrogen-bond donors (Lipinski definition) is 2. The van der Waals surface area contributed by atoms with Gasteiger partial charge in [-0.15, -0.1) is 0 Å². The Hall–Kier alpha value is -1.06. The Morgan fingerprint density at radius 3 is 2.36 bits per heavy atom. The molecule has 1 aromatic carbocycles. The van der Waals surface area contributed by atoms with E-state index in [0.29, 0.717) is 0 Å². The molecule has 0 aromatic heterocycles. The first-order chi connectivity index (χ1) is 6.69. The van der Waals surface area contributed by atoms with Crippen LogP contribution in [0.25, 0.3) is 0 Å². The van der Waals surface area contributed by atoms with Crippen molar-refractivity contribution in [3.63, 3.8) is 0 Å². The lowest BCUT2D eigenvalue weighted by molar-refractivity contribution is 0.144. The highest BCUT2D eigenvalue weighted by molar-refractivity contribution is 5.28. The van der Waals surface area contributed by atoms with Gasteiger partial charge >= 0.3 is 0 Å². The van der Waals surface area contributed by atoms with E-state index in [4.69, 9.17) is 10.5 Å². The van der Waals surface area contributed by atoms with Crippen LogP contribution in [0, 0.1) is 0 Å². The van der Waals surface area contributed by atoms with E-state index in [1.165, 1.54) is 0 Å². The first-order valence-corrected chi connectivity index (χ1v) is 4.76. The fraction of sp³-hybridized carbons (Fsp3) is 0.455. The molecular weight excluding hydrogens is 178 g/mol. The summed E-state index contributed by atoms with van der Waals surface area (Å²) in [6, 6.07) is 7.10. The Morgan fingerprint density at radius 2 is 1.93 bits per heavy atom. The molecule has 3 nitrogen and oxygen atoms in total. The molecule has 0 bridgehead atoms. The van der Waals surface area contributed by atoms with Crippen molar-refractivity contribution in [3.05, 3.63) is 29.8 Å². The van der Waals surface area contributed by atoms with E-state index in [2.05, 4.69) is 0 Å². The molecule has 3 N–H and O–H groups in total. The molecule has 0 unspecified atom stereocenters. The van der Waals surface area contributed by atoms with Gasteiger partial charge in [0, 0.05) is 6.04 Å². The lowest BCUT2D eigenvalue weighted by Gasteiger charge is -2.17. The summed E-state index contributed by atoms with van der Waals surface area (Å²) in [7, 11) is 1.61. The Labute approximate surface area is 84.5 Å². The van der Waals surface area contributed by atoms with E-state index in [1.807, 2.05) is 31.2 Å². The summed E-state index contributed by atoms with van der Waals surface area (Å²) < 4.78 is 5.02. The number of methoxy groups -OCH3 is 1. The van der Waals surface area contributed by atoms with Crippen LogP contribution in [0.4, 0.5) is 0 Å². The fourth-order valence-electron chi connectivity index (χ4n) is 1.27. The second-order valence-corrected chi connectivity index (χ2v) is 3.29.